The second kappa shape index (κ2) is 4.69. The highest BCUT2D eigenvalue weighted by Crippen LogP contribution is 2.27. The Kier molecular flexibility index (Phi) is 3.12. The molecule has 3 nitrogen and oxygen atoms in total. The number of hydrogen-bond acceptors (Lipinski definition) is 2. The summed E-state index contributed by atoms with van der Waals surface area (Å²) < 4.78 is 30.2. The Balaban J connectivity index is 2.35. The standard InChI is InChI=1S/C14H10F2IN3/c1-7-4-10(16)13(6-9(7)15)20-12-3-2-8(17)5-11(12)19-14(20)18/h2-6H,1H3,(H2,18,19). The van der Waals surface area contributed by atoms with E-state index in [1.807, 2.05) is 12.1 Å². The summed E-state index contributed by atoms with van der Waals surface area (Å²) in [6, 6.07) is 7.79. The molecule has 0 amide bonds. The molecular weight excluding hydrogens is 375 g/mol. The summed E-state index contributed by atoms with van der Waals surface area (Å²) >= 11 is 2.16. The van der Waals surface area contributed by atoms with Crippen molar-refractivity contribution < 1.29 is 8.78 Å². The molecular formula is C14H10F2IN3. The van der Waals surface area contributed by atoms with Crippen LogP contribution in [0, 0.1) is 22.1 Å². The number of aromatic nitrogens is 2. The average molecular weight is 385 g/mol. The van der Waals surface area contributed by atoms with E-state index in [4.69, 9.17) is 5.73 Å². The molecule has 1 heterocycles. The Bertz CT molecular complexity index is 827. The van der Waals surface area contributed by atoms with Gasteiger partial charge in [-0.05, 0) is 59.3 Å². The monoisotopic (exact) mass is 385 g/mol. The van der Waals surface area contributed by atoms with Crippen molar-refractivity contribution in [2.45, 2.75) is 6.92 Å². The molecule has 0 atom stereocenters. The Morgan fingerprint density at radius 2 is 1.90 bits per heavy atom. The van der Waals surface area contributed by atoms with Crippen molar-refractivity contribution in [2.24, 2.45) is 0 Å². The average Bonchev–Trinajstić information content (AvgIpc) is 2.69. The van der Waals surface area contributed by atoms with Crippen molar-refractivity contribution in [3.8, 4) is 5.69 Å². The van der Waals surface area contributed by atoms with Gasteiger partial charge in [0.2, 0.25) is 5.95 Å². The number of nitrogens with two attached hydrogens (primary N) is 1. The Morgan fingerprint density at radius 3 is 2.65 bits per heavy atom. The summed E-state index contributed by atoms with van der Waals surface area (Å²) in [6.45, 7) is 1.51. The fourth-order valence-electron chi connectivity index (χ4n) is 2.13. The summed E-state index contributed by atoms with van der Waals surface area (Å²) in [5.41, 5.74) is 7.46. The normalized spacial score (nSPS) is 11.2. The number of fused-ring (bicyclic) bond motifs is 1. The molecule has 0 unspecified atom stereocenters. The molecule has 0 spiro atoms. The smallest absolute Gasteiger partial charge is 0.206 e. The van der Waals surface area contributed by atoms with E-state index in [2.05, 4.69) is 27.6 Å². The number of imidazole rings is 1. The predicted molar refractivity (Wildman–Crippen MR) is 82.9 cm³/mol. The topological polar surface area (TPSA) is 43.8 Å². The molecule has 1 aromatic heterocycles. The maximum atomic E-state index is 14.1. The van der Waals surface area contributed by atoms with Crippen molar-refractivity contribution in [3.05, 3.63) is 51.1 Å². The molecule has 6 heteroatoms. The SMILES string of the molecule is Cc1cc(F)c(-n2c(N)nc3cc(I)ccc32)cc1F. The molecule has 0 aliphatic carbocycles. The lowest BCUT2D eigenvalue weighted by atomic mass is 10.2. The van der Waals surface area contributed by atoms with E-state index in [0.717, 1.165) is 15.7 Å². The minimum Gasteiger partial charge on any atom is -0.369 e. The summed E-state index contributed by atoms with van der Waals surface area (Å²) in [6.07, 6.45) is 0. The van der Waals surface area contributed by atoms with Gasteiger partial charge < -0.3 is 5.73 Å². The molecule has 0 bridgehead atoms. The van der Waals surface area contributed by atoms with Gasteiger partial charge in [0.05, 0.1) is 16.7 Å². The molecule has 0 saturated heterocycles. The maximum Gasteiger partial charge on any atom is 0.206 e. The van der Waals surface area contributed by atoms with Crippen LogP contribution < -0.4 is 5.73 Å². The fraction of sp³-hybridized carbons (Fsp3) is 0.0714. The Hall–Kier alpha value is -1.70. The van der Waals surface area contributed by atoms with E-state index in [1.165, 1.54) is 11.5 Å². The van der Waals surface area contributed by atoms with Gasteiger partial charge in [-0.25, -0.2) is 13.8 Å². The number of halogens is 3. The van der Waals surface area contributed by atoms with Crippen molar-refractivity contribution in [3.63, 3.8) is 0 Å². The van der Waals surface area contributed by atoms with Crippen molar-refractivity contribution in [1.82, 2.24) is 9.55 Å². The molecule has 0 saturated carbocycles. The lowest BCUT2D eigenvalue weighted by Gasteiger charge is -2.09. The van der Waals surface area contributed by atoms with Crippen LogP contribution in [0.4, 0.5) is 14.7 Å². The third kappa shape index (κ3) is 2.04. The van der Waals surface area contributed by atoms with Gasteiger partial charge in [-0.1, -0.05) is 0 Å². The van der Waals surface area contributed by atoms with Crippen LogP contribution in [-0.4, -0.2) is 9.55 Å². The van der Waals surface area contributed by atoms with E-state index in [9.17, 15) is 8.78 Å². The minimum atomic E-state index is -0.534. The molecule has 0 aliphatic heterocycles. The van der Waals surface area contributed by atoms with Crippen LogP contribution in [0.25, 0.3) is 16.7 Å². The largest absolute Gasteiger partial charge is 0.369 e. The van der Waals surface area contributed by atoms with Gasteiger partial charge in [0, 0.05) is 9.64 Å². The lowest BCUT2D eigenvalue weighted by Crippen LogP contribution is -2.04. The highest BCUT2D eigenvalue weighted by molar-refractivity contribution is 14.1. The first-order chi connectivity index (χ1) is 9.47. The zero-order valence-electron chi connectivity index (χ0n) is 10.5. The predicted octanol–water partition coefficient (Wildman–Crippen LogP) is 3.80. The fourth-order valence-corrected chi connectivity index (χ4v) is 2.61. The molecule has 3 rings (SSSR count). The van der Waals surface area contributed by atoms with Crippen LogP contribution in [0.2, 0.25) is 0 Å². The van der Waals surface area contributed by atoms with Crippen LogP contribution in [-0.2, 0) is 0 Å². The number of aryl methyl sites for hydroxylation is 1. The van der Waals surface area contributed by atoms with Gasteiger partial charge in [0.1, 0.15) is 11.6 Å². The third-order valence-corrected chi connectivity index (χ3v) is 3.78. The quantitative estimate of drug-likeness (QED) is 0.648. The first kappa shape index (κ1) is 13.3. The first-order valence-electron chi connectivity index (χ1n) is 5.87. The zero-order chi connectivity index (χ0) is 14.4. The molecule has 0 aliphatic rings. The van der Waals surface area contributed by atoms with Crippen molar-refractivity contribution in [1.29, 1.82) is 0 Å². The maximum absolute atomic E-state index is 14.1. The molecule has 0 fully saturated rings. The van der Waals surface area contributed by atoms with E-state index < -0.39 is 11.6 Å². The lowest BCUT2D eigenvalue weighted by molar-refractivity contribution is 0.587. The highest BCUT2D eigenvalue weighted by Gasteiger charge is 2.15. The molecule has 2 aromatic carbocycles. The third-order valence-electron chi connectivity index (χ3n) is 3.11. The summed E-state index contributed by atoms with van der Waals surface area (Å²) in [5, 5.41) is 0. The highest BCUT2D eigenvalue weighted by atomic mass is 127. The molecule has 20 heavy (non-hydrogen) atoms. The van der Waals surface area contributed by atoms with Gasteiger partial charge >= 0.3 is 0 Å². The summed E-state index contributed by atoms with van der Waals surface area (Å²) in [5.74, 6) is -0.884. The van der Waals surface area contributed by atoms with Gasteiger partial charge in [-0.15, -0.1) is 0 Å². The molecule has 3 aromatic rings. The number of hydrogen-bond donors (Lipinski definition) is 1. The van der Waals surface area contributed by atoms with Gasteiger partial charge in [-0.3, -0.25) is 4.57 Å². The van der Waals surface area contributed by atoms with Crippen LogP contribution in [0.5, 0.6) is 0 Å². The Labute approximate surface area is 127 Å². The van der Waals surface area contributed by atoms with Crippen molar-refractivity contribution >= 4 is 39.6 Å². The van der Waals surface area contributed by atoms with E-state index >= 15 is 0 Å². The second-order valence-electron chi connectivity index (χ2n) is 4.49. The van der Waals surface area contributed by atoms with Crippen LogP contribution in [0.15, 0.2) is 30.3 Å². The van der Waals surface area contributed by atoms with Crippen LogP contribution in [0.1, 0.15) is 5.56 Å². The summed E-state index contributed by atoms with van der Waals surface area (Å²) in [4.78, 5) is 4.19. The number of nitrogens with zero attached hydrogens (tertiary/aromatic N) is 2. The number of nitrogen functional groups attached to an aromatic ring is 1. The van der Waals surface area contributed by atoms with Crippen LogP contribution >= 0.6 is 22.6 Å². The van der Waals surface area contributed by atoms with Gasteiger partial charge in [0.15, 0.2) is 0 Å². The molecule has 2 N–H and O–H groups in total. The second-order valence-corrected chi connectivity index (χ2v) is 5.74. The van der Waals surface area contributed by atoms with E-state index in [-0.39, 0.29) is 17.2 Å². The molecule has 0 radical (unpaired) electrons. The van der Waals surface area contributed by atoms with Crippen molar-refractivity contribution in [2.75, 3.05) is 5.73 Å². The van der Waals surface area contributed by atoms with Crippen LogP contribution in [0.3, 0.4) is 0 Å². The van der Waals surface area contributed by atoms with Gasteiger partial charge in [-0.2, -0.15) is 0 Å². The van der Waals surface area contributed by atoms with E-state index in [0.29, 0.717) is 11.0 Å². The first-order valence-corrected chi connectivity index (χ1v) is 6.95. The zero-order valence-corrected chi connectivity index (χ0v) is 12.6. The van der Waals surface area contributed by atoms with E-state index in [1.54, 1.807) is 6.07 Å². The number of rotatable bonds is 1. The number of anilines is 1. The molecule has 102 valence electrons. The minimum absolute atomic E-state index is 0.0642. The number of benzene rings is 2. The Morgan fingerprint density at radius 1 is 1.15 bits per heavy atom. The summed E-state index contributed by atoms with van der Waals surface area (Å²) in [7, 11) is 0. The van der Waals surface area contributed by atoms with Gasteiger partial charge in [0.25, 0.3) is 0 Å².